The molecule has 1 saturated carbocycles. The van der Waals surface area contributed by atoms with Crippen LogP contribution in [0.3, 0.4) is 0 Å². The highest BCUT2D eigenvalue weighted by atomic mass is 16.8. The number of carbonyl (C=O) groups is 1. The molecule has 1 aromatic carbocycles. The van der Waals surface area contributed by atoms with Gasteiger partial charge in [-0.15, -0.1) is 0 Å². The van der Waals surface area contributed by atoms with E-state index in [1.165, 1.54) is 19.1 Å². The maximum absolute atomic E-state index is 11.8. The third-order valence-corrected chi connectivity index (χ3v) is 4.69. The van der Waals surface area contributed by atoms with Gasteiger partial charge in [0.25, 0.3) is 5.69 Å². The molecule has 1 heterocycles. The monoisotopic (exact) mass is 321 g/mol. The number of rotatable bonds is 3. The average Bonchev–Trinajstić information content (AvgIpc) is 2.81. The van der Waals surface area contributed by atoms with E-state index in [1.807, 2.05) is 0 Å². The van der Waals surface area contributed by atoms with Gasteiger partial charge in [0.2, 0.25) is 0 Å². The SMILES string of the molecule is CC1(C(=O)O)OC2(CCCCC2)O[C@H]1c1ccccc1[N+](=O)[O-]. The van der Waals surface area contributed by atoms with Crippen molar-refractivity contribution in [3.05, 3.63) is 39.9 Å². The fourth-order valence-corrected chi connectivity index (χ4v) is 3.49. The lowest BCUT2D eigenvalue weighted by Crippen LogP contribution is -2.42. The summed E-state index contributed by atoms with van der Waals surface area (Å²) in [5.74, 6) is -2.14. The van der Waals surface area contributed by atoms with E-state index < -0.39 is 28.4 Å². The Hall–Kier alpha value is -1.99. The van der Waals surface area contributed by atoms with Gasteiger partial charge < -0.3 is 14.6 Å². The van der Waals surface area contributed by atoms with Gasteiger partial charge in [-0.3, -0.25) is 10.1 Å². The second kappa shape index (κ2) is 5.58. The minimum absolute atomic E-state index is 0.151. The maximum Gasteiger partial charge on any atom is 0.338 e. The number of ether oxygens (including phenoxy) is 2. The Labute approximate surface area is 133 Å². The van der Waals surface area contributed by atoms with E-state index in [0.29, 0.717) is 12.8 Å². The van der Waals surface area contributed by atoms with Crippen LogP contribution in [0.25, 0.3) is 0 Å². The molecule has 2 fully saturated rings. The van der Waals surface area contributed by atoms with Gasteiger partial charge in [-0.1, -0.05) is 18.6 Å². The summed E-state index contributed by atoms with van der Waals surface area (Å²) in [4.78, 5) is 22.6. The molecule has 23 heavy (non-hydrogen) atoms. The largest absolute Gasteiger partial charge is 0.479 e. The number of nitro groups is 1. The highest BCUT2D eigenvalue weighted by Gasteiger charge is 2.60. The molecule has 7 nitrogen and oxygen atoms in total. The van der Waals surface area contributed by atoms with E-state index in [-0.39, 0.29) is 11.3 Å². The fraction of sp³-hybridized carbons (Fsp3) is 0.562. The van der Waals surface area contributed by atoms with Gasteiger partial charge in [-0.25, -0.2) is 4.79 Å². The number of aliphatic carboxylic acids is 1. The summed E-state index contributed by atoms with van der Waals surface area (Å²) in [6.45, 7) is 1.43. The molecule has 0 bridgehead atoms. The molecule has 1 unspecified atom stereocenters. The third-order valence-electron chi connectivity index (χ3n) is 4.69. The number of benzene rings is 1. The molecule has 0 aromatic heterocycles. The average molecular weight is 321 g/mol. The zero-order chi connectivity index (χ0) is 16.7. The van der Waals surface area contributed by atoms with Crippen LogP contribution in [0, 0.1) is 10.1 Å². The molecule has 1 spiro atoms. The van der Waals surface area contributed by atoms with Gasteiger partial charge in [-0.2, -0.15) is 0 Å². The fourth-order valence-electron chi connectivity index (χ4n) is 3.49. The van der Waals surface area contributed by atoms with E-state index in [4.69, 9.17) is 9.47 Å². The quantitative estimate of drug-likeness (QED) is 0.678. The van der Waals surface area contributed by atoms with Crippen molar-refractivity contribution in [2.75, 3.05) is 0 Å². The second-order valence-electron chi connectivity index (χ2n) is 6.30. The molecule has 1 aliphatic carbocycles. The second-order valence-corrected chi connectivity index (χ2v) is 6.30. The number of nitrogens with zero attached hydrogens (tertiary/aromatic N) is 1. The summed E-state index contributed by atoms with van der Waals surface area (Å²) >= 11 is 0. The van der Waals surface area contributed by atoms with E-state index in [2.05, 4.69) is 0 Å². The lowest BCUT2D eigenvalue weighted by Gasteiger charge is -2.32. The standard InChI is InChI=1S/C16H19NO6/c1-15(14(18)19)13(11-7-3-4-8-12(11)17(20)21)22-16(23-15)9-5-2-6-10-16/h3-4,7-8,13H,2,5-6,9-10H2,1H3,(H,18,19)/t13-,15?/m0/s1. The van der Waals surface area contributed by atoms with E-state index in [9.17, 15) is 20.0 Å². The smallest absolute Gasteiger partial charge is 0.338 e. The van der Waals surface area contributed by atoms with Crippen LogP contribution in [0.15, 0.2) is 24.3 Å². The first kappa shape index (κ1) is 15.9. The molecular formula is C16H19NO6. The zero-order valence-corrected chi connectivity index (χ0v) is 12.9. The summed E-state index contributed by atoms with van der Waals surface area (Å²) in [6, 6.07) is 6.08. The van der Waals surface area contributed by atoms with E-state index >= 15 is 0 Å². The van der Waals surface area contributed by atoms with Gasteiger partial charge in [0.1, 0.15) is 6.10 Å². The molecule has 1 aliphatic heterocycles. The minimum atomic E-state index is -1.65. The van der Waals surface area contributed by atoms with Crippen LogP contribution >= 0.6 is 0 Å². The Balaban J connectivity index is 2.06. The van der Waals surface area contributed by atoms with Gasteiger partial charge in [-0.05, 0) is 25.8 Å². The summed E-state index contributed by atoms with van der Waals surface area (Å²) in [7, 11) is 0. The van der Waals surface area contributed by atoms with Crippen LogP contribution in [-0.2, 0) is 14.3 Å². The van der Waals surface area contributed by atoms with Crippen LogP contribution < -0.4 is 0 Å². The van der Waals surface area contributed by atoms with Crippen molar-refractivity contribution >= 4 is 11.7 Å². The molecule has 7 heteroatoms. The molecule has 124 valence electrons. The van der Waals surface area contributed by atoms with Crippen LogP contribution in [0.1, 0.15) is 50.7 Å². The topological polar surface area (TPSA) is 98.9 Å². The number of para-hydroxylation sites is 1. The highest BCUT2D eigenvalue weighted by molar-refractivity contribution is 5.79. The van der Waals surface area contributed by atoms with Gasteiger partial charge in [0, 0.05) is 18.9 Å². The molecule has 1 aromatic rings. The van der Waals surface area contributed by atoms with Crippen molar-refractivity contribution in [3.63, 3.8) is 0 Å². The Morgan fingerprint density at radius 2 is 1.96 bits per heavy atom. The normalized spacial score (nSPS) is 29.5. The Morgan fingerprint density at radius 1 is 1.30 bits per heavy atom. The Kier molecular flexibility index (Phi) is 3.85. The Bertz CT molecular complexity index is 639. The van der Waals surface area contributed by atoms with Crippen molar-refractivity contribution in [1.82, 2.24) is 0 Å². The van der Waals surface area contributed by atoms with Crippen molar-refractivity contribution in [1.29, 1.82) is 0 Å². The maximum atomic E-state index is 11.8. The zero-order valence-electron chi connectivity index (χ0n) is 12.9. The summed E-state index contributed by atoms with van der Waals surface area (Å²) in [6.07, 6.45) is 3.02. The van der Waals surface area contributed by atoms with Crippen molar-refractivity contribution in [2.24, 2.45) is 0 Å². The van der Waals surface area contributed by atoms with Crippen LogP contribution in [0.4, 0.5) is 5.69 Å². The molecule has 1 saturated heterocycles. The number of carboxylic acids is 1. The van der Waals surface area contributed by atoms with E-state index in [0.717, 1.165) is 19.3 Å². The minimum Gasteiger partial charge on any atom is -0.479 e. The third kappa shape index (κ3) is 2.60. The van der Waals surface area contributed by atoms with Crippen molar-refractivity contribution in [2.45, 2.75) is 56.5 Å². The summed E-state index contributed by atoms with van der Waals surface area (Å²) in [5.41, 5.74) is -1.56. The molecule has 1 N–H and O–H groups in total. The Morgan fingerprint density at radius 3 is 2.57 bits per heavy atom. The van der Waals surface area contributed by atoms with Crippen LogP contribution in [0.5, 0.6) is 0 Å². The molecule has 2 aliphatic rings. The molecule has 2 atom stereocenters. The highest BCUT2D eigenvalue weighted by Crippen LogP contribution is 2.52. The van der Waals surface area contributed by atoms with Crippen molar-refractivity contribution < 1.29 is 24.3 Å². The molecular weight excluding hydrogens is 302 g/mol. The summed E-state index contributed by atoms with van der Waals surface area (Å²) in [5, 5.41) is 21.0. The van der Waals surface area contributed by atoms with Gasteiger partial charge in [0.05, 0.1) is 10.5 Å². The number of nitro benzene ring substituents is 1. The van der Waals surface area contributed by atoms with Crippen LogP contribution in [-0.4, -0.2) is 27.4 Å². The number of hydrogen-bond donors (Lipinski definition) is 1. The first-order valence-electron chi connectivity index (χ1n) is 7.73. The lowest BCUT2D eigenvalue weighted by molar-refractivity contribution is -0.386. The van der Waals surface area contributed by atoms with Crippen LogP contribution in [0.2, 0.25) is 0 Å². The van der Waals surface area contributed by atoms with E-state index in [1.54, 1.807) is 12.1 Å². The summed E-state index contributed by atoms with van der Waals surface area (Å²) < 4.78 is 11.9. The molecule has 0 radical (unpaired) electrons. The first-order valence-corrected chi connectivity index (χ1v) is 7.73. The van der Waals surface area contributed by atoms with Gasteiger partial charge >= 0.3 is 5.97 Å². The number of hydrogen-bond acceptors (Lipinski definition) is 5. The van der Waals surface area contributed by atoms with Crippen molar-refractivity contribution in [3.8, 4) is 0 Å². The number of carboxylic acid groups (broad SMARTS) is 1. The predicted molar refractivity (Wildman–Crippen MR) is 79.9 cm³/mol. The molecule has 3 rings (SSSR count). The lowest BCUT2D eigenvalue weighted by atomic mass is 9.92. The molecule has 0 amide bonds. The first-order chi connectivity index (χ1) is 10.9. The van der Waals surface area contributed by atoms with Gasteiger partial charge in [0.15, 0.2) is 11.4 Å². The predicted octanol–water partition coefficient (Wildman–Crippen LogP) is 3.19.